The molecule has 2 bridgehead atoms. The topological polar surface area (TPSA) is 55.8 Å². The number of hydrogen-bond donors (Lipinski definition) is 0. The third-order valence-corrected chi connectivity index (χ3v) is 4.13. The highest BCUT2D eigenvalue weighted by atomic mass is 19.3. The van der Waals surface area contributed by atoms with Gasteiger partial charge in [0.15, 0.2) is 0 Å². The highest BCUT2D eigenvalue weighted by molar-refractivity contribution is 6.33. The lowest BCUT2D eigenvalue weighted by Gasteiger charge is -2.38. The maximum atomic E-state index is 14.0. The maximum Gasteiger partial charge on any atom is 0.411 e. The van der Waals surface area contributed by atoms with Crippen LogP contribution in [0, 0.1) is 5.92 Å². The van der Waals surface area contributed by atoms with E-state index in [1.54, 1.807) is 20.8 Å². The first-order valence-corrected chi connectivity index (χ1v) is 7.90. The Kier molecular flexibility index (Phi) is 4.92. The molecule has 1 amide bonds. The van der Waals surface area contributed by atoms with E-state index in [0.717, 1.165) is 4.90 Å². The highest BCUT2D eigenvalue weighted by Crippen LogP contribution is 2.51. The van der Waals surface area contributed by atoms with Crippen LogP contribution in [0.25, 0.3) is 0 Å². The summed E-state index contributed by atoms with van der Waals surface area (Å²) >= 11 is 0. The van der Waals surface area contributed by atoms with Crippen molar-refractivity contribution in [2.24, 2.45) is 5.92 Å². The maximum absolute atomic E-state index is 14.0. The molecule has 0 aromatic heterocycles. The number of nitrogens with zero attached hydrogens (tertiary/aromatic N) is 1. The molecule has 2 fully saturated rings. The number of piperidine rings is 1. The van der Waals surface area contributed by atoms with Crippen LogP contribution in [0.3, 0.4) is 0 Å². The standard InChI is InChI=1S/C15H23BF2NO4/c1-14(2,3)23-13(21)19-10-7-9(8-15(10,17)18)11(19)12(20)22-6-5-16-4/h9-11H,5-8H2,1-4H3/t9-,10?,11-/m0/s1. The summed E-state index contributed by atoms with van der Waals surface area (Å²) in [6.07, 6.45) is -0.592. The Labute approximate surface area is 135 Å². The number of halogens is 2. The van der Waals surface area contributed by atoms with Gasteiger partial charge in [-0.2, -0.15) is 0 Å². The second-order valence-electron chi connectivity index (χ2n) is 7.17. The fourth-order valence-electron chi connectivity index (χ4n) is 3.23. The Bertz CT molecular complexity index is 481. The number of esters is 1. The van der Waals surface area contributed by atoms with Gasteiger partial charge < -0.3 is 9.47 Å². The van der Waals surface area contributed by atoms with E-state index in [0.29, 0.717) is 6.32 Å². The summed E-state index contributed by atoms with van der Waals surface area (Å²) in [5.41, 5.74) is -0.820. The molecule has 0 aromatic carbocycles. The first kappa shape index (κ1) is 18.0. The summed E-state index contributed by atoms with van der Waals surface area (Å²) < 4.78 is 38.4. The summed E-state index contributed by atoms with van der Waals surface area (Å²) in [4.78, 5) is 25.5. The number of fused-ring (bicyclic) bond motifs is 2. The third-order valence-electron chi connectivity index (χ3n) is 4.13. The second-order valence-corrected chi connectivity index (χ2v) is 7.17. The van der Waals surface area contributed by atoms with Gasteiger partial charge in [0.2, 0.25) is 0 Å². The minimum atomic E-state index is -2.99. The van der Waals surface area contributed by atoms with Crippen LogP contribution in [-0.4, -0.2) is 54.5 Å². The zero-order chi connectivity index (χ0) is 17.4. The van der Waals surface area contributed by atoms with Gasteiger partial charge in [0.25, 0.3) is 5.92 Å². The molecule has 2 aliphatic rings. The van der Waals surface area contributed by atoms with Crippen LogP contribution >= 0.6 is 0 Å². The zero-order valence-electron chi connectivity index (χ0n) is 14.0. The number of rotatable bonds is 4. The number of hydrogen-bond acceptors (Lipinski definition) is 4. The number of alkyl halides is 2. The van der Waals surface area contributed by atoms with Crippen molar-refractivity contribution in [1.82, 2.24) is 4.90 Å². The lowest BCUT2D eigenvalue weighted by Crippen LogP contribution is -2.57. The van der Waals surface area contributed by atoms with Crippen LogP contribution in [0.4, 0.5) is 13.6 Å². The Morgan fingerprint density at radius 2 is 2.00 bits per heavy atom. The molecule has 1 aliphatic carbocycles. The average Bonchev–Trinajstić information content (AvgIpc) is 2.89. The second kappa shape index (κ2) is 6.28. The van der Waals surface area contributed by atoms with Crippen molar-refractivity contribution >= 4 is 19.3 Å². The fourth-order valence-corrected chi connectivity index (χ4v) is 3.23. The van der Waals surface area contributed by atoms with E-state index in [4.69, 9.17) is 9.47 Å². The SMILES string of the molecule is C[B]CCOC(=O)[C@@H]1[C@H]2CC(N1C(=O)OC(C)(C)C)C(F)(F)C2. The normalized spacial score (nSPS) is 28.6. The lowest BCUT2D eigenvalue weighted by molar-refractivity contribution is -0.157. The van der Waals surface area contributed by atoms with Gasteiger partial charge in [-0.05, 0) is 39.4 Å². The number of carbonyl (C=O) groups is 2. The summed E-state index contributed by atoms with van der Waals surface area (Å²) in [7, 11) is 1.84. The molecule has 23 heavy (non-hydrogen) atoms. The molecule has 1 heterocycles. The molecule has 1 aliphatic heterocycles. The monoisotopic (exact) mass is 330 g/mol. The minimum Gasteiger partial charge on any atom is -0.465 e. The summed E-state index contributed by atoms with van der Waals surface area (Å²) in [5, 5.41) is 0. The molecular weight excluding hydrogens is 307 g/mol. The van der Waals surface area contributed by atoms with E-state index in [9.17, 15) is 18.4 Å². The van der Waals surface area contributed by atoms with Crippen LogP contribution < -0.4 is 0 Å². The molecule has 129 valence electrons. The van der Waals surface area contributed by atoms with E-state index < -0.39 is 48.0 Å². The van der Waals surface area contributed by atoms with Crippen LogP contribution in [0.1, 0.15) is 33.6 Å². The van der Waals surface area contributed by atoms with Crippen molar-refractivity contribution in [3.63, 3.8) is 0 Å². The Morgan fingerprint density at radius 1 is 1.35 bits per heavy atom. The predicted octanol–water partition coefficient (Wildman–Crippen LogP) is 2.73. The van der Waals surface area contributed by atoms with Crippen molar-refractivity contribution in [2.75, 3.05) is 6.61 Å². The Balaban J connectivity index is 2.16. The molecule has 5 nitrogen and oxygen atoms in total. The molecule has 0 N–H and O–H groups in total. The zero-order valence-corrected chi connectivity index (χ0v) is 14.0. The molecular formula is C15H23BF2NO4. The first-order valence-electron chi connectivity index (χ1n) is 7.90. The van der Waals surface area contributed by atoms with Gasteiger partial charge in [-0.25, -0.2) is 18.4 Å². The van der Waals surface area contributed by atoms with Gasteiger partial charge in [-0.3, -0.25) is 4.90 Å². The number of ether oxygens (including phenoxy) is 2. The highest BCUT2D eigenvalue weighted by Gasteiger charge is 2.65. The molecule has 1 unspecified atom stereocenters. The summed E-state index contributed by atoms with van der Waals surface area (Å²) in [5.74, 6) is -4.20. The van der Waals surface area contributed by atoms with E-state index in [-0.39, 0.29) is 13.0 Å². The fraction of sp³-hybridized carbons (Fsp3) is 0.867. The van der Waals surface area contributed by atoms with Crippen molar-refractivity contribution in [2.45, 2.75) is 70.4 Å². The van der Waals surface area contributed by atoms with Crippen molar-refractivity contribution in [3.05, 3.63) is 0 Å². The largest absolute Gasteiger partial charge is 0.465 e. The van der Waals surface area contributed by atoms with E-state index in [2.05, 4.69) is 0 Å². The Morgan fingerprint density at radius 3 is 2.57 bits per heavy atom. The van der Waals surface area contributed by atoms with Gasteiger partial charge in [-0.15, -0.1) is 0 Å². The van der Waals surface area contributed by atoms with Crippen LogP contribution in [0.15, 0.2) is 0 Å². The molecule has 1 radical (unpaired) electrons. The smallest absolute Gasteiger partial charge is 0.411 e. The molecule has 1 saturated heterocycles. The summed E-state index contributed by atoms with van der Waals surface area (Å²) in [6, 6.07) is -2.27. The molecule has 0 aromatic rings. The van der Waals surface area contributed by atoms with Gasteiger partial charge in [0, 0.05) is 6.42 Å². The van der Waals surface area contributed by atoms with Gasteiger partial charge in [0.05, 0.1) is 12.6 Å². The van der Waals surface area contributed by atoms with Crippen molar-refractivity contribution in [1.29, 1.82) is 0 Å². The van der Waals surface area contributed by atoms with Gasteiger partial charge in [0.1, 0.15) is 18.9 Å². The van der Waals surface area contributed by atoms with E-state index in [1.165, 1.54) is 0 Å². The van der Waals surface area contributed by atoms with Crippen LogP contribution in [0.5, 0.6) is 0 Å². The van der Waals surface area contributed by atoms with E-state index in [1.807, 2.05) is 14.1 Å². The van der Waals surface area contributed by atoms with Gasteiger partial charge >= 0.3 is 12.1 Å². The van der Waals surface area contributed by atoms with Crippen molar-refractivity contribution < 1.29 is 27.8 Å². The summed E-state index contributed by atoms with van der Waals surface area (Å²) in [6.45, 7) is 6.98. The molecule has 2 rings (SSSR count). The minimum absolute atomic E-state index is 0.103. The van der Waals surface area contributed by atoms with Crippen molar-refractivity contribution in [3.8, 4) is 0 Å². The van der Waals surface area contributed by atoms with Crippen LogP contribution in [0.2, 0.25) is 13.1 Å². The predicted molar refractivity (Wildman–Crippen MR) is 80.7 cm³/mol. The first-order chi connectivity index (χ1) is 10.6. The number of likely N-dealkylation sites (tertiary alicyclic amines) is 1. The van der Waals surface area contributed by atoms with E-state index >= 15 is 0 Å². The quantitative estimate of drug-likeness (QED) is 0.452. The molecule has 3 atom stereocenters. The number of amides is 1. The molecule has 8 heteroatoms. The number of carbonyl (C=O) groups excluding carboxylic acids is 2. The average molecular weight is 330 g/mol. The lowest BCUT2D eigenvalue weighted by atomic mass is 9.79. The molecule has 0 spiro atoms. The van der Waals surface area contributed by atoms with Gasteiger partial charge in [-0.1, -0.05) is 6.82 Å². The molecule has 1 saturated carbocycles. The Hall–Kier alpha value is -1.34. The third kappa shape index (κ3) is 3.78. The van der Waals surface area contributed by atoms with Crippen LogP contribution in [-0.2, 0) is 14.3 Å².